The molecule has 1 atom stereocenters. The first kappa shape index (κ1) is 17.6. The van der Waals surface area contributed by atoms with Crippen molar-refractivity contribution in [2.45, 2.75) is 18.9 Å². The molecule has 4 nitrogen and oxygen atoms in total. The van der Waals surface area contributed by atoms with Crippen molar-refractivity contribution >= 4 is 23.3 Å². The lowest BCUT2D eigenvalue weighted by Crippen LogP contribution is -2.42. The minimum Gasteiger partial charge on any atom is -0.370 e. The Balaban J connectivity index is 1.55. The Morgan fingerprint density at radius 2 is 1.88 bits per heavy atom. The molecular weight excluding hydrogens is 338 g/mol. The summed E-state index contributed by atoms with van der Waals surface area (Å²) in [5.74, 6) is -0.0803. The molecular formula is C20H20ClNO3. The number of morpholine rings is 1. The Hall–Kier alpha value is -2.17. The van der Waals surface area contributed by atoms with Crippen LogP contribution in [0.1, 0.15) is 34.9 Å². The molecule has 1 aliphatic heterocycles. The van der Waals surface area contributed by atoms with Gasteiger partial charge in [-0.2, -0.15) is 0 Å². The van der Waals surface area contributed by atoms with Crippen LogP contribution in [0.15, 0.2) is 54.6 Å². The van der Waals surface area contributed by atoms with E-state index < -0.39 is 0 Å². The van der Waals surface area contributed by atoms with Crippen LogP contribution in [0.2, 0.25) is 5.02 Å². The molecule has 1 fully saturated rings. The van der Waals surface area contributed by atoms with E-state index in [9.17, 15) is 9.59 Å². The average molecular weight is 358 g/mol. The number of ketones is 1. The van der Waals surface area contributed by atoms with Gasteiger partial charge in [0.25, 0.3) is 0 Å². The van der Waals surface area contributed by atoms with Crippen molar-refractivity contribution in [2.24, 2.45) is 0 Å². The molecule has 0 aromatic heterocycles. The fraction of sp³-hybridized carbons (Fsp3) is 0.300. The van der Waals surface area contributed by atoms with E-state index >= 15 is 0 Å². The molecule has 1 aliphatic rings. The molecule has 2 aromatic rings. The molecule has 1 unspecified atom stereocenters. The second-order valence-corrected chi connectivity index (χ2v) is 6.48. The van der Waals surface area contributed by atoms with E-state index in [1.54, 1.807) is 29.2 Å². The standard InChI is InChI=1S/C20H20ClNO3/c21-17-8-4-7-16(13-17)18(23)9-10-20(24)22-11-12-25-19(14-22)15-5-2-1-3-6-15/h1-8,13,19H,9-12,14H2. The van der Waals surface area contributed by atoms with E-state index in [0.29, 0.717) is 30.3 Å². The van der Waals surface area contributed by atoms with Crippen LogP contribution in [0.5, 0.6) is 0 Å². The molecule has 0 saturated carbocycles. The predicted molar refractivity (Wildman–Crippen MR) is 96.7 cm³/mol. The molecule has 3 rings (SSSR count). The van der Waals surface area contributed by atoms with Gasteiger partial charge in [-0.15, -0.1) is 0 Å². The SMILES string of the molecule is O=C(CCC(=O)N1CCOC(c2ccccc2)C1)c1cccc(Cl)c1. The molecule has 0 aliphatic carbocycles. The van der Waals surface area contributed by atoms with Crippen LogP contribution in [0.4, 0.5) is 0 Å². The fourth-order valence-electron chi connectivity index (χ4n) is 2.93. The summed E-state index contributed by atoms with van der Waals surface area (Å²) in [7, 11) is 0. The zero-order chi connectivity index (χ0) is 17.6. The summed E-state index contributed by atoms with van der Waals surface area (Å²) in [6.07, 6.45) is 0.280. The van der Waals surface area contributed by atoms with E-state index in [4.69, 9.17) is 16.3 Å². The number of rotatable bonds is 5. The van der Waals surface area contributed by atoms with Gasteiger partial charge < -0.3 is 9.64 Å². The van der Waals surface area contributed by atoms with Gasteiger partial charge in [-0.05, 0) is 17.7 Å². The number of carbonyl (C=O) groups excluding carboxylic acids is 2. The lowest BCUT2D eigenvalue weighted by atomic mass is 10.1. The monoisotopic (exact) mass is 357 g/mol. The highest BCUT2D eigenvalue weighted by Crippen LogP contribution is 2.22. The maximum Gasteiger partial charge on any atom is 0.223 e. The first-order chi connectivity index (χ1) is 12.1. The number of hydrogen-bond donors (Lipinski definition) is 0. The molecule has 0 N–H and O–H groups in total. The van der Waals surface area contributed by atoms with Crippen LogP contribution in [-0.4, -0.2) is 36.3 Å². The summed E-state index contributed by atoms with van der Waals surface area (Å²) in [5, 5.41) is 0.524. The summed E-state index contributed by atoms with van der Waals surface area (Å²) < 4.78 is 5.78. The van der Waals surface area contributed by atoms with Gasteiger partial charge in [0.05, 0.1) is 13.2 Å². The van der Waals surface area contributed by atoms with Crippen molar-refractivity contribution in [2.75, 3.05) is 19.7 Å². The van der Waals surface area contributed by atoms with Crippen molar-refractivity contribution in [1.29, 1.82) is 0 Å². The van der Waals surface area contributed by atoms with Crippen LogP contribution in [0, 0.1) is 0 Å². The van der Waals surface area contributed by atoms with Crippen LogP contribution in [-0.2, 0) is 9.53 Å². The third-order valence-electron chi connectivity index (χ3n) is 4.30. The van der Waals surface area contributed by atoms with E-state index in [-0.39, 0.29) is 30.6 Å². The van der Waals surface area contributed by atoms with Gasteiger partial charge in [-0.3, -0.25) is 9.59 Å². The second kappa shape index (κ2) is 8.28. The Morgan fingerprint density at radius 1 is 1.08 bits per heavy atom. The lowest BCUT2D eigenvalue weighted by molar-refractivity contribution is -0.139. The van der Waals surface area contributed by atoms with Crippen LogP contribution >= 0.6 is 11.6 Å². The highest BCUT2D eigenvalue weighted by atomic mass is 35.5. The van der Waals surface area contributed by atoms with Gasteiger partial charge in [0.2, 0.25) is 5.91 Å². The van der Waals surface area contributed by atoms with Crippen LogP contribution in [0.3, 0.4) is 0 Å². The third-order valence-corrected chi connectivity index (χ3v) is 4.54. The fourth-order valence-corrected chi connectivity index (χ4v) is 3.12. The zero-order valence-corrected chi connectivity index (χ0v) is 14.6. The Kier molecular flexibility index (Phi) is 5.84. The van der Waals surface area contributed by atoms with Crippen molar-refractivity contribution in [1.82, 2.24) is 4.90 Å². The van der Waals surface area contributed by atoms with Crippen LogP contribution in [0.25, 0.3) is 0 Å². The number of Topliss-reactive ketones (excluding diaryl/α,β-unsaturated/α-hetero) is 1. The summed E-state index contributed by atoms with van der Waals surface area (Å²) >= 11 is 5.91. The molecule has 25 heavy (non-hydrogen) atoms. The number of ether oxygens (including phenoxy) is 1. The molecule has 0 radical (unpaired) electrons. The number of halogens is 1. The van der Waals surface area contributed by atoms with Crippen molar-refractivity contribution in [3.63, 3.8) is 0 Å². The topological polar surface area (TPSA) is 46.6 Å². The molecule has 130 valence electrons. The third kappa shape index (κ3) is 4.68. The lowest BCUT2D eigenvalue weighted by Gasteiger charge is -2.33. The van der Waals surface area contributed by atoms with E-state index in [1.807, 2.05) is 30.3 Å². The molecule has 2 aromatic carbocycles. The van der Waals surface area contributed by atoms with Crippen molar-refractivity contribution in [3.8, 4) is 0 Å². The summed E-state index contributed by atoms with van der Waals surface area (Å²) in [5.41, 5.74) is 1.61. The number of carbonyl (C=O) groups is 2. The van der Waals surface area contributed by atoms with Crippen molar-refractivity contribution in [3.05, 3.63) is 70.7 Å². The number of amides is 1. The average Bonchev–Trinajstić information content (AvgIpc) is 2.66. The van der Waals surface area contributed by atoms with Gasteiger partial charge in [0, 0.05) is 30.0 Å². The number of benzene rings is 2. The Morgan fingerprint density at radius 3 is 2.64 bits per heavy atom. The summed E-state index contributed by atoms with van der Waals surface area (Å²) in [6.45, 7) is 1.59. The Labute approximate surface area is 152 Å². The molecule has 0 bridgehead atoms. The summed E-state index contributed by atoms with van der Waals surface area (Å²) in [4.78, 5) is 26.5. The number of hydrogen-bond acceptors (Lipinski definition) is 3. The van der Waals surface area contributed by atoms with E-state index in [2.05, 4.69) is 0 Å². The highest BCUT2D eigenvalue weighted by Gasteiger charge is 2.25. The molecule has 1 amide bonds. The van der Waals surface area contributed by atoms with Crippen LogP contribution < -0.4 is 0 Å². The maximum absolute atomic E-state index is 12.5. The molecule has 0 spiro atoms. The first-order valence-electron chi connectivity index (χ1n) is 8.36. The molecule has 1 saturated heterocycles. The van der Waals surface area contributed by atoms with Gasteiger partial charge in [-0.25, -0.2) is 0 Å². The van der Waals surface area contributed by atoms with E-state index in [1.165, 1.54) is 0 Å². The van der Waals surface area contributed by atoms with Gasteiger partial charge in [0.1, 0.15) is 6.10 Å². The largest absolute Gasteiger partial charge is 0.370 e. The quantitative estimate of drug-likeness (QED) is 0.762. The van der Waals surface area contributed by atoms with E-state index in [0.717, 1.165) is 5.56 Å². The maximum atomic E-state index is 12.5. The first-order valence-corrected chi connectivity index (χ1v) is 8.74. The molecule has 5 heteroatoms. The highest BCUT2D eigenvalue weighted by molar-refractivity contribution is 6.31. The molecule has 1 heterocycles. The van der Waals surface area contributed by atoms with Gasteiger partial charge in [0.15, 0.2) is 5.78 Å². The zero-order valence-electron chi connectivity index (χ0n) is 13.9. The minimum absolute atomic E-state index is 0.0143. The second-order valence-electron chi connectivity index (χ2n) is 6.04. The van der Waals surface area contributed by atoms with Gasteiger partial charge in [-0.1, -0.05) is 54.1 Å². The number of nitrogens with zero attached hydrogens (tertiary/aromatic N) is 1. The smallest absolute Gasteiger partial charge is 0.223 e. The Bertz CT molecular complexity index is 748. The predicted octanol–water partition coefficient (Wildman–Crippen LogP) is 3.90. The normalized spacial score (nSPS) is 17.3. The van der Waals surface area contributed by atoms with Crippen molar-refractivity contribution < 1.29 is 14.3 Å². The minimum atomic E-state index is -0.109. The van der Waals surface area contributed by atoms with Gasteiger partial charge >= 0.3 is 0 Å². The summed E-state index contributed by atoms with van der Waals surface area (Å²) in [6, 6.07) is 16.7.